The van der Waals surface area contributed by atoms with Gasteiger partial charge in [0.1, 0.15) is 0 Å². The molecule has 11 aromatic carbocycles. The number of nitrogens with zero attached hydrogens (tertiary/aromatic N) is 2. The van der Waals surface area contributed by atoms with Gasteiger partial charge in [0.2, 0.25) is 0 Å². The van der Waals surface area contributed by atoms with Crippen LogP contribution in [0.1, 0.15) is 0 Å². The second kappa shape index (κ2) is 11.2. The highest BCUT2D eigenvalue weighted by Gasteiger charge is 2.19. The van der Waals surface area contributed by atoms with E-state index < -0.39 is 0 Å². The number of rotatable bonds is 3. The monoisotopic (exact) mass is 682 g/mol. The topological polar surface area (TPSA) is 25.8 Å². The minimum Gasteiger partial charge on any atom is -0.228 e. The lowest BCUT2D eigenvalue weighted by Gasteiger charge is -2.18. The third-order valence-electron chi connectivity index (χ3n) is 11.6. The summed E-state index contributed by atoms with van der Waals surface area (Å²) in [6.07, 6.45) is 0. The minimum absolute atomic E-state index is 0.731. The quantitative estimate of drug-likeness (QED) is 0.173. The lowest BCUT2D eigenvalue weighted by atomic mass is 9.86. The zero-order valence-electron chi connectivity index (χ0n) is 29.2. The van der Waals surface area contributed by atoms with Crippen LogP contribution in [0.4, 0.5) is 0 Å². The van der Waals surface area contributed by atoms with Crippen molar-refractivity contribution in [1.82, 2.24) is 9.97 Å². The third kappa shape index (κ3) is 4.17. The summed E-state index contributed by atoms with van der Waals surface area (Å²) in [6, 6.07) is 66.3. The average Bonchev–Trinajstić information content (AvgIpc) is 3.24. The first-order valence-electron chi connectivity index (χ1n) is 18.6. The molecule has 248 valence electrons. The van der Waals surface area contributed by atoms with Crippen molar-refractivity contribution in [2.24, 2.45) is 0 Å². The van der Waals surface area contributed by atoms with Crippen molar-refractivity contribution >= 4 is 86.3 Å². The molecule has 2 heteroatoms. The van der Waals surface area contributed by atoms with Crippen LogP contribution in [0.15, 0.2) is 182 Å². The predicted octanol–water partition coefficient (Wildman–Crippen LogP) is 14.1. The van der Waals surface area contributed by atoms with Crippen molar-refractivity contribution in [2.75, 3.05) is 0 Å². The van der Waals surface area contributed by atoms with Gasteiger partial charge in [-0.1, -0.05) is 158 Å². The molecular weight excluding hydrogens is 653 g/mol. The number of hydrogen-bond acceptors (Lipinski definition) is 2. The van der Waals surface area contributed by atoms with Gasteiger partial charge in [-0.3, -0.25) is 0 Å². The molecule has 0 saturated carbocycles. The third-order valence-corrected chi connectivity index (χ3v) is 11.6. The maximum Gasteiger partial charge on any atom is 0.161 e. The molecule has 0 unspecified atom stereocenters. The summed E-state index contributed by atoms with van der Waals surface area (Å²) in [5.41, 5.74) is 6.38. The molecule has 0 bridgehead atoms. The fourth-order valence-corrected chi connectivity index (χ4v) is 9.20. The molecule has 54 heavy (non-hydrogen) atoms. The van der Waals surface area contributed by atoms with Gasteiger partial charge in [0.15, 0.2) is 5.82 Å². The maximum atomic E-state index is 5.26. The van der Waals surface area contributed by atoms with E-state index in [-0.39, 0.29) is 0 Å². The summed E-state index contributed by atoms with van der Waals surface area (Å²) in [5.74, 6) is 0.731. The first-order chi connectivity index (χ1) is 26.8. The first kappa shape index (κ1) is 29.4. The highest BCUT2D eigenvalue weighted by molar-refractivity contribution is 6.37. The maximum absolute atomic E-state index is 5.26. The van der Waals surface area contributed by atoms with E-state index in [9.17, 15) is 0 Å². The zero-order valence-corrected chi connectivity index (χ0v) is 29.2. The molecule has 0 N–H and O–H groups in total. The molecule has 0 atom stereocenters. The fraction of sp³-hybridized carbons (Fsp3) is 0. The van der Waals surface area contributed by atoms with E-state index in [1.165, 1.54) is 81.1 Å². The van der Waals surface area contributed by atoms with Crippen LogP contribution < -0.4 is 0 Å². The van der Waals surface area contributed by atoms with Gasteiger partial charge in [-0.2, -0.15) is 0 Å². The van der Waals surface area contributed by atoms with Crippen LogP contribution in [0.5, 0.6) is 0 Å². The Hall–Kier alpha value is -7.16. The molecule has 0 amide bonds. The van der Waals surface area contributed by atoms with Crippen LogP contribution in [0.3, 0.4) is 0 Å². The van der Waals surface area contributed by atoms with Gasteiger partial charge in [0, 0.05) is 16.5 Å². The number of benzene rings is 10. The van der Waals surface area contributed by atoms with Crippen molar-refractivity contribution in [2.45, 2.75) is 0 Å². The standard InChI is InChI=1S/C52H30N2/c1-2-11-34(12-3-1)51-44-18-6-7-22-46(44)53-52(54-51)43-28-27-37(38-16-4-5-17-39(38)43)36-29-35-26-25-33-14-9-20-41-40-19-8-13-31-23-24-32-15-10-21-42(49(32)47(31)40)45(30-36)50(35)48(33)41/h1-30H. The smallest absolute Gasteiger partial charge is 0.161 e. The Labute approximate surface area is 310 Å². The molecule has 2 nitrogen and oxygen atoms in total. The van der Waals surface area contributed by atoms with Crippen molar-refractivity contribution in [1.29, 1.82) is 0 Å². The lowest BCUT2D eigenvalue weighted by Crippen LogP contribution is -1.96. The molecule has 0 aliphatic rings. The van der Waals surface area contributed by atoms with E-state index >= 15 is 0 Å². The molecule has 1 aromatic heterocycles. The molecule has 0 spiro atoms. The summed E-state index contributed by atoms with van der Waals surface area (Å²) in [7, 11) is 0. The molecule has 12 rings (SSSR count). The molecule has 0 saturated heterocycles. The Morgan fingerprint density at radius 2 is 0.778 bits per heavy atom. The molecule has 0 radical (unpaired) electrons. The van der Waals surface area contributed by atoms with Crippen molar-refractivity contribution < 1.29 is 0 Å². The van der Waals surface area contributed by atoms with Crippen LogP contribution in [0.2, 0.25) is 0 Å². The molecule has 0 fully saturated rings. The second-order valence-corrected chi connectivity index (χ2v) is 14.4. The van der Waals surface area contributed by atoms with Crippen LogP contribution in [0.25, 0.3) is 120 Å². The molecule has 0 aliphatic heterocycles. The van der Waals surface area contributed by atoms with E-state index in [0.717, 1.165) is 38.9 Å². The van der Waals surface area contributed by atoms with E-state index in [1.807, 2.05) is 6.07 Å². The Kier molecular flexibility index (Phi) is 6.09. The van der Waals surface area contributed by atoms with Gasteiger partial charge in [-0.25, -0.2) is 9.97 Å². The van der Waals surface area contributed by atoms with E-state index in [4.69, 9.17) is 9.97 Å². The van der Waals surface area contributed by atoms with Crippen LogP contribution in [0, 0.1) is 0 Å². The van der Waals surface area contributed by atoms with E-state index in [0.29, 0.717) is 0 Å². The normalized spacial score (nSPS) is 12.1. The first-order valence-corrected chi connectivity index (χ1v) is 18.6. The summed E-state index contributed by atoms with van der Waals surface area (Å²) in [6.45, 7) is 0. The van der Waals surface area contributed by atoms with E-state index in [1.54, 1.807) is 0 Å². The Morgan fingerprint density at radius 3 is 1.44 bits per heavy atom. The highest BCUT2D eigenvalue weighted by atomic mass is 14.9. The lowest BCUT2D eigenvalue weighted by molar-refractivity contribution is 1.23. The number of hydrogen-bond donors (Lipinski definition) is 0. The summed E-state index contributed by atoms with van der Waals surface area (Å²) < 4.78 is 0. The highest BCUT2D eigenvalue weighted by Crippen LogP contribution is 2.45. The van der Waals surface area contributed by atoms with Crippen molar-refractivity contribution in [3.05, 3.63) is 182 Å². The average molecular weight is 683 g/mol. The van der Waals surface area contributed by atoms with E-state index in [2.05, 4.69) is 176 Å². The van der Waals surface area contributed by atoms with Gasteiger partial charge >= 0.3 is 0 Å². The van der Waals surface area contributed by atoms with Gasteiger partial charge in [-0.15, -0.1) is 0 Å². The molecule has 12 aromatic rings. The van der Waals surface area contributed by atoms with Crippen molar-refractivity contribution in [3.8, 4) is 33.8 Å². The summed E-state index contributed by atoms with van der Waals surface area (Å²) >= 11 is 0. The van der Waals surface area contributed by atoms with Crippen molar-refractivity contribution in [3.63, 3.8) is 0 Å². The van der Waals surface area contributed by atoms with Crippen LogP contribution in [-0.2, 0) is 0 Å². The molecular formula is C52H30N2. The fourth-order valence-electron chi connectivity index (χ4n) is 9.20. The summed E-state index contributed by atoms with van der Waals surface area (Å²) in [4.78, 5) is 10.4. The Morgan fingerprint density at radius 1 is 0.278 bits per heavy atom. The number of para-hydroxylation sites is 1. The SMILES string of the molecule is c1ccc(-c2nc(-c3ccc(-c4cc5ccc6cccc7c8cccc9ccc%10cccc(c(c4)c5c67)c%10c98)c4ccccc34)nc3ccccc23)cc1. The zero-order chi connectivity index (χ0) is 35.3. The van der Waals surface area contributed by atoms with Gasteiger partial charge in [0.05, 0.1) is 11.2 Å². The van der Waals surface area contributed by atoms with Gasteiger partial charge in [-0.05, 0) is 111 Å². The number of fused-ring (bicyclic) bond motifs is 4. The number of aromatic nitrogens is 2. The van der Waals surface area contributed by atoms with Gasteiger partial charge in [0.25, 0.3) is 0 Å². The molecule has 1 heterocycles. The predicted molar refractivity (Wildman–Crippen MR) is 230 cm³/mol. The molecule has 0 aliphatic carbocycles. The summed E-state index contributed by atoms with van der Waals surface area (Å²) in [5, 5.41) is 18.8. The largest absolute Gasteiger partial charge is 0.228 e. The minimum atomic E-state index is 0.731. The Bertz CT molecular complexity index is 3490. The van der Waals surface area contributed by atoms with Crippen LogP contribution in [-0.4, -0.2) is 9.97 Å². The Balaban J connectivity index is 1.17. The van der Waals surface area contributed by atoms with Crippen LogP contribution >= 0.6 is 0 Å². The second-order valence-electron chi connectivity index (χ2n) is 14.4. The van der Waals surface area contributed by atoms with Gasteiger partial charge < -0.3 is 0 Å².